The molecule has 1 atom stereocenters. The van der Waals surface area contributed by atoms with Crippen LogP contribution in [-0.2, 0) is 14.8 Å². The Balaban J connectivity index is 1.90. The molecule has 0 bridgehead atoms. The number of thioether (sulfide) groups is 1. The normalized spacial score (nSPS) is 12.3. The number of hydrogen-bond acceptors (Lipinski definition) is 5. The Kier molecular flexibility index (Phi) is 10.2. The fourth-order valence-electron chi connectivity index (χ4n) is 3.05. The molecule has 0 aliphatic rings. The average molecular weight is 450 g/mol. The average Bonchev–Trinajstić information content (AvgIpc) is 2.77. The molecule has 1 unspecified atom stereocenters. The standard InChI is InChI=1S/C22H31N3O3S2/c1-3-25(19-11-6-4-7-12-19)17-10-16-23-22(26)21(15-18-29-2)24-30(27,28)20-13-8-5-9-14-20/h4-9,11-14,21,24H,3,10,15-18H2,1-2H3,(H,23,26). The number of benzene rings is 2. The first-order valence-electron chi connectivity index (χ1n) is 10.1. The minimum Gasteiger partial charge on any atom is -0.372 e. The summed E-state index contributed by atoms with van der Waals surface area (Å²) in [5, 5.41) is 2.89. The van der Waals surface area contributed by atoms with Crippen molar-refractivity contribution in [2.24, 2.45) is 0 Å². The van der Waals surface area contributed by atoms with Gasteiger partial charge in [-0.1, -0.05) is 36.4 Å². The molecule has 6 nitrogen and oxygen atoms in total. The Morgan fingerprint density at radius 3 is 2.30 bits per heavy atom. The topological polar surface area (TPSA) is 78.5 Å². The maximum Gasteiger partial charge on any atom is 0.241 e. The predicted octanol–water partition coefficient (Wildman–Crippen LogP) is 3.12. The highest BCUT2D eigenvalue weighted by Gasteiger charge is 2.25. The van der Waals surface area contributed by atoms with Crippen LogP contribution in [0.1, 0.15) is 19.8 Å². The van der Waals surface area contributed by atoms with Crippen LogP contribution in [0.5, 0.6) is 0 Å². The van der Waals surface area contributed by atoms with Gasteiger partial charge in [0, 0.05) is 25.3 Å². The molecule has 8 heteroatoms. The van der Waals surface area contributed by atoms with Crippen molar-refractivity contribution in [2.45, 2.75) is 30.7 Å². The summed E-state index contributed by atoms with van der Waals surface area (Å²) in [6.07, 6.45) is 3.14. The lowest BCUT2D eigenvalue weighted by molar-refractivity contribution is -0.122. The van der Waals surface area contributed by atoms with Crippen molar-refractivity contribution in [3.8, 4) is 0 Å². The largest absolute Gasteiger partial charge is 0.372 e. The van der Waals surface area contributed by atoms with E-state index in [0.717, 1.165) is 25.2 Å². The van der Waals surface area contributed by atoms with Gasteiger partial charge in [0.05, 0.1) is 4.90 Å². The second-order valence-corrected chi connectivity index (χ2v) is 9.53. The fraction of sp³-hybridized carbons (Fsp3) is 0.409. The number of rotatable bonds is 13. The van der Waals surface area contributed by atoms with E-state index in [1.54, 1.807) is 30.0 Å². The minimum atomic E-state index is -3.75. The number of carbonyl (C=O) groups excluding carboxylic acids is 1. The van der Waals surface area contributed by atoms with E-state index >= 15 is 0 Å². The highest BCUT2D eigenvalue weighted by molar-refractivity contribution is 7.98. The van der Waals surface area contributed by atoms with E-state index in [9.17, 15) is 13.2 Å². The highest BCUT2D eigenvalue weighted by atomic mass is 32.2. The van der Waals surface area contributed by atoms with Crippen LogP contribution < -0.4 is 14.9 Å². The molecule has 0 saturated carbocycles. The number of carbonyl (C=O) groups is 1. The van der Waals surface area contributed by atoms with Crippen molar-refractivity contribution in [3.05, 3.63) is 60.7 Å². The van der Waals surface area contributed by atoms with Gasteiger partial charge >= 0.3 is 0 Å². The molecular formula is C22H31N3O3S2. The molecule has 0 heterocycles. The molecule has 164 valence electrons. The summed E-state index contributed by atoms with van der Waals surface area (Å²) >= 11 is 1.58. The van der Waals surface area contributed by atoms with Crippen molar-refractivity contribution >= 4 is 33.4 Å². The van der Waals surface area contributed by atoms with Crippen LogP contribution in [0.3, 0.4) is 0 Å². The third kappa shape index (κ3) is 7.66. The van der Waals surface area contributed by atoms with Crippen LogP contribution in [0.2, 0.25) is 0 Å². The lowest BCUT2D eigenvalue weighted by atomic mass is 10.2. The molecule has 0 aliphatic carbocycles. The third-order valence-electron chi connectivity index (χ3n) is 4.69. The van der Waals surface area contributed by atoms with Gasteiger partial charge in [-0.15, -0.1) is 0 Å². The summed E-state index contributed by atoms with van der Waals surface area (Å²) in [4.78, 5) is 15.1. The van der Waals surface area contributed by atoms with Crippen LogP contribution in [0.4, 0.5) is 5.69 Å². The molecular weight excluding hydrogens is 418 g/mol. The second kappa shape index (κ2) is 12.6. The van der Waals surface area contributed by atoms with Crippen molar-refractivity contribution in [1.82, 2.24) is 10.0 Å². The van der Waals surface area contributed by atoms with Crippen LogP contribution >= 0.6 is 11.8 Å². The quantitative estimate of drug-likeness (QED) is 0.460. The predicted molar refractivity (Wildman–Crippen MR) is 126 cm³/mol. The van der Waals surface area contributed by atoms with Gasteiger partial charge in [-0.05, 0) is 56.0 Å². The van der Waals surface area contributed by atoms with Crippen LogP contribution in [0.25, 0.3) is 0 Å². The van der Waals surface area contributed by atoms with E-state index in [4.69, 9.17) is 0 Å². The Hall–Kier alpha value is -2.03. The molecule has 0 spiro atoms. The first kappa shape index (κ1) is 24.2. The molecule has 0 radical (unpaired) electrons. The molecule has 2 aromatic carbocycles. The Morgan fingerprint density at radius 2 is 1.70 bits per heavy atom. The summed E-state index contributed by atoms with van der Waals surface area (Å²) in [5.74, 6) is 0.402. The molecule has 0 aromatic heterocycles. The van der Waals surface area contributed by atoms with Gasteiger partial charge in [0.15, 0.2) is 0 Å². The lowest BCUT2D eigenvalue weighted by Gasteiger charge is -2.23. The number of sulfonamides is 1. The van der Waals surface area contributed by atoms with E-state index in [-0.39, 0.29) is 10.8 Å². The summed E-state index contributed by atoms with van der Waals surface area (Å²) in [5.41, 5.74) is 1.15. The number of nitrogens with one attached hydrogen (secondary N) is 2. The number of nitrogens with zero attached hydrogens (tertiary/aromatic N) is 1. The molecule has 0 saturated heterocycles. The number of amides is 1. The van der Waals surface area contributed by atoms with Crippen molar-refractivity contribution in [1.29, 1.82) is 0 Å². The fourth-order valence-corrected chi connectivity index (χ4v) is 4.77. The summed E-state index contributed by atoms with van der Waals surface area (Å²) in [6.45, 7) is 4.28. The van der Waals surface area contributed by atoms with E-state index < -0.39 is 16.1 Å². The van der Waals surface area contributed by atoms with E-state index in [2.05, 4.69) is 34.0 Å². The molecule has 2 aromatic rings. The van der Waals surface area contributed by atoms with E-state index in [1.807, 2.05) is 24.5 Å². The van der Waals surface area contributed by atoms with Gasteiger partial charge in [0.1, 0.15) is 6.04 Å². The smallest absolute Gasteiger partial charge is 0.241 e. The number of anilines is 1. The maximum absolute atomic E-state index is 12.7. The molecule has 2 rings (SSSR count). The summed E-state index contributed by atoms with van der Waals surface area (Å²) in [6, 6.07) is 17.5. The molecule has 30 heavy (non-hydrogen) atoms. The van der Waals surface area contributed by atoms with Gasteiger partial charge in [-0.25, -0.2) is 8.42 Å². The summed E-state index contributed by atoms with van der Waals surface area (Å²) < 4.78 is 27.8. The molecule has 0 aliphatic heterocycles. The monoisotopic (exact) mass is 449 g/mol. The highest BCUT2D eigenvalue weighted by Crippen LogP contribution is 2.13. The Bertz CT molecular complexity index is 862. The zero-order chi connectivity index (χ0) is 21.8. The first-order chi connectivity index (χ1) is 14.5. The van der Waals surface area contributed by atoms with Crippen LogP contribution in [-0.4, -0.2) is 52.0 Å². The van der Waals surface area contributed by atoms with Gasteiger partial charge in [-0.3, -0.25) is 4.79 Å². The van der Waals surface area contributed by atoms with Crippen LogP contribution in [0.15, 0.2) is 65.6 Å². The Labute approximate surface area is 184 Å². The summed E-state index contributed by atoms with van der Waals surface area (Å²) in [7, 11) is -3.75. The van der Waals surface area contributed by atoms with E-state index in [1.165, 1.54) is 12.1 Å². The zero-order valence-corrected chi connectivity index (χ0v) is 19.2. The molecule has 1 amide bonds. The van der Waals surface area contributed by atoms with Crippen molar-refractivity contribution < 1.29 is 13.2 Å². The zero-order valence-electron chi connectivity index (χ0n) is 17.6. The lowest BCUT2D eigenvalue weighted by Crippen LogP contribution is -2.47. The van der Waals surface area contributed by atoms with Gasteiger partial charge in [0.2, 0.25) is 15.9 Å². The van der Waals surface area contributed by atoms with Gasteiger partial charge in [0.25, 0.3) is 0 Å². The molecule has 0 fully saturated rings. The van der Waals surface area contributed by atoms with Crippen molar-refractivity contribution in [3.63, 3.8) is 0 Å². The maximum atomic E-state index is 12.7. The van der Waals surface area contributed by atoms with E-state index in [0.29, 0.717) is 18.7 Å². The van der Waals surface area contributed by atoms with Gasteiger partial charge < -0.3 is 10.2 Å². The van der Waals surface area contributed by atoms with Crippen molar-refractivity contribution in [2.75, 3.05) is 36.5 Å². The molecule has 2 N–H and O–H groups in total. The third-order valence-corrected chi connectivity index (χ3v) is 6.82. The second-order valence-electron chi connectivity index (χ2n) is 6.83. The van der Waals surface area contributed by atoms with Crippen LogP contribution in [0, 0.1) is 0 Å². The number of hydrogen-bond donors (Lipinski definition) is 2. The first-order valence-corrected chi connectivity index (χ1v) is 13.0. The Morgan fingerprint density at radius 1 is 1.07 bits per heavy atom. The number of para-hydroxylation sites is 1. The van der Waals surface area contributed by atoms with Gasteiger partial charge in [-0.2, -0.15) is 16.5 Å². The minimum absolute atomic E-state index is 0.161. The SMILES string of the molecule is CCN(CCCNC(=O)C(CCSC)NS(=O)(=O)c1ccccc1)c1ccccc1.